The van der Waals surface area contributed by atoms with Gasteiger partial charge in [-0.15, -0.1) is 5.10 Å². The van der Waals surface area contributed by atoms with Gasteiger partial charge in [-0.05, 0) is 48.4 Å². The van der Waals surface area contributed by atoms with Crippen LogP contribution in [0.15, 0.2) is 78.9 Å². The molecule has 4 aromatic rings. The van der Waals surface area contributed by atoms with Gasteiger partial charge in [0.15, 0.2) is 5.82 Å². The number of carbonyl (C=O) groups is 1. The maximum Gasteiger partial charge on any atom is 0.274 e. The van der Waals surface area contributed by atoms with E-state index in [2.05, 4.69) is 44.6 Å². The van der Waals surface area contributed by atoms with Crippen LogP contribution in [0.4, 0.5) is 11.6 Å². The van der Waals surface area contributed by atoms with Crippen LogP contribution in [0.25, 0.3) is 17.5 Å². The number of anilines is 2. The third-order valence-corrected chi connectivity index (χ3v) is 5.56. The van der Waals surface area contributed by atoms with Gasteiger partial charge >= 0.3 is 0 Å². The number of ether oxygens (including phenoxy) is 1. The van der Waals surface area contributed by atoms with Crippen LogP contribution in [-0.4, -0.2) is 41.9 Å². The largest absolute Gasteiger partial charge is 0.497 e. The normalized spacial score (nSPS) is 11.0. The number of nitrogens with zero attached hydrogens (tertiary/aromatic N) is 4. The van der Waals surface area contributed by atoms with Crippen LogP contribution in [0, 0.1) is 6.92 Å². The molecule has 0 saturated heterocycles. The van der Waals surface area contributed by atoms with Crippen molar-refractivity contribution in [2.75, 3.05) is 31.4 Å². The van der Waals surface area contributed by atoms with Crippen molar-refractivity contribution in [1.29, 1.82) is 0 Å². The number of nitrogens with one attached hydrogen (secondary N) is 1. The lowest BCUT2D eigenvalue weighted by molar-refractivity contribution is 0.0957. The molecule has 0 aliphatic rings. The maximum absolute atomic E-state index is 13.1. The van der Waals surface area contributed by atoms with Crippen LogP contribution in [-0.2, 0) is 6.54 Å². The molecule has 1 aromatic heterocycles. The first kappa shape index (κ1) is 23.8. The van der Waals surface area contributed by atoms with E-state index in [0.717, 1.165) is 33.7 Å². The lowest BCUT2D eigenvalue weighted by Crippen LogP contribution is -2.14. The zero-order valence-electron chi connectivity index (χ0n) is 20.4. The summed E-state index contributed by atoms with van der Waals surface area (Å²) in [5, 5.41) is 7.79. The highest BCUT2D eigenvalue weighted by Crippen LogP contribution is 2.20. The van der Waals surface area contributed by atoms with Crippen LogP contribution in [0.1, 0.15) is 21.5 Å². The second-order valence-electron chi connectivity index (χ2n) is 8.40. The van der Waals surface area contributed by atoms with Crippen molar-refractivity contribution in [2.45, 2.75) is 13.5 Å². The SMILES string of the molecule is COc1ccc(C=CC(=O)n2nc(-c3ccc(C)cc3)nc2NCc2ccc(N(C)C)cc2)cc1. The summed E-state index contributed by atoms with van der Waals surface area (Å²) < 4.78 is 6.50. The summed E-state index contributed by atoms with van der Waals surface area (Å²) in [4.78, 5) is 19.8. The molecule has 1 heterocycles. The molecule has 178 valence electrons. The number of allylic oxidation sites excluding steroid dienone is 1. The Kier molecular flexibility index (Phi) is 7.26. The minimum absolute atomic E-state index is 0.294. The van der Waals surface area contributed by atoms with Gasteiger partial charge in [-0.25, -0.2) is 0 Å². The summed E-state index contributed by atoms with van der Waals surface area (Å²) in [7, 11) is 5.64. The van der Waals surface area contributed by atoms with E-state index in [1.54, 1.807) is 13.2 Å². The highest BCUT2D eigenvalue weighted by molar-refractivity contribution is 5.95. The van der Waals surface area contributed by atoms with E-state index in [9.17, 15) is 4.79 Å². The number of aromatic nitrogens is 3. The maximum atomic E-state index is 13.1. The van der Waals surface area contributed by atoms with Crippen molar-refractivity contribution < 1.29 is 9.53 Å². The molecular weight excluding hydrogens is 438 g/mol. The molecule has 0 saturated carbocycles. The molecule has 7 heteroatoms. The van der Waals surface area contributed by atoms with Gasteiger partial charge in [-0.3, -0.25) is 4.79 Å². The van der Waals surface area contributed by atoms with Crippen molar-refractivity contribution >= 4 is 23.6 Å². The Morgan fingerprint density at radius 3 is 2.31 bits per heavy atom. The lowest BCUT2D eigenvalue weighted by atomic mass is 10.1. The van der Waals surface area contributed by atoms with Gasteiger partial charge in [-0.2, -0.15) is 9.67 Å². The van der Waals surface area contributed by atoms with Crippen molar-refractivity contribution in [1.82, 2.24) is 14.8 Å². The average molecular weight is 468 g/mol. The lowest BCUT2D eigenvalue weighted by Gasteiger charge is -2.13. The number of benzene rings is 3. The number of methoxy groups -OCH3 is 1. The Hall–Kier alpha value is -4.39. The second-order valence-corrected chi connectivity index (χ2v) is 8.40. The Labute approximate surface area is 205 Å². The summed E-state index contributed by atoms with van der Waals surface area (Å²) in [6.45, 7) is 2.53. The molecule has 0 fully saturated rings. The molecule has 35 heavy (non-hydrogen) atoms. The molecule has 7 nitrogen and oxygen atoms in total. The van der Waals surface area contributed by atoms with Gasteiger partial charge in [0.05, 0.1) is 7.11 Å². The Morgan fingerprint density at radius 1 is 1.00 bits per heavy atom. The number of rotatable bonds is 8. The van der Waals surface area contributed by atoms with Gasteiger partial charge in [0.25, 0.3) is 5.91 Å². The molecule has 0 bridgehead atoms. The van der Waals surface area contributed by atoms with E-state index < -0.39 is 0 Å². The fraction of sp³-hybridized carbons (Fsp3) is 0.179. The first-order valence-corrected chi connectivity index (χ1v) is 11.3. The topological polar surface area (TPSA) is 72.3 Å². The molecule has 0 spiro atoms. The molecule has 0 unspecified atom stereocenters. The smallest absolute Gasteiger partial charge is 0.274 e. The Morgan fingerprint density at radius 2 is 1.69 bits per heavy atom. The minimum Gasteiger partial charge on any atom is -0.497 e. The van der Waals surface area contributed by atoms with Crippen molar-refractivity contribution in [2.24, 2.45) is 0 Å². The summed E-state index contributed by atoms with van der Waals surface area (Å²) in [6, 6.07) is 23.6. The van der Waals surface area contributed by atoms with Gasteiger partial charge in [0, 0.05) is 38.0 Å². The molecule has 0 amide bonds. The monoisotopic (exact) mass is 467 g/mol. The van der Waals surface area contributed by atoms with Crippen LogP contribution in [0.2, 0.25) is 0 Å². The standard InChI is InChI=1S/C28H29N5O2/c1-20-5-12-23(13-6-20)27-30-28(29-19-22-7-14-24(15-8-22)32(2)3)33(31-27)26(34)18-11-21-9-16-25(35-4)17-10-21/h5-18H,19H2,1-4H3,(H,29,30,31). The zero-order valence-corrected chi connectivity index (χ0v) is 20.4. The van der Waals surface area contributed by atoms with Crippen LogP contribution < -0.4 is 15.0 Å². The van der Waals surface area contributed by atoms with E-state index in [1.807, 2.05) is 69.6 Å². The van der Waals surface area contributed by atoms with Crippen molar-refractivity contribution in [3.63, 3.8) is 0 Å². The molecule has 1 N–H and O–H groups in total. The summed E-state index contributed by atoms with van der Waals surface area (Å²) in [5.74, 6) is 1.35. The number of aryl methyl sites for hydroxylation is 1. The third-order valence-electron chi connectivity index (χ3n) is 5.56. The first-order valence-electron chi connectivity index (χ1n) is 11.3. The van der Waals surface area contributed by atoms with Gasteiger partial charge in [0.2, 0.25) is 5.95 Å². The van der Waals surface area contributed by atoms with E-state index in [-0.39, 0.29) is 5.91 Å². The fourth-order valence-electron chi connectivity index (χ4n) is 3.45. The van der Waals surface area contributed by atoms with Crippen LogP contribution >= 0.6 is 0 Å². The van der Waals surface area contributed by atoms with Gasteiger partial charge in [0.1, 0.15) is 5.75 Å². The van der Waals surface area contributed by atoms with E-state index in [1.165, 1.54) is 10.8 Å². The quantitative estimate of drug-likeness (QED) is 0.355. The molecule has 0 atom stereocenters. The Balaban J connectivity index is 1.58. The highest BCUT2D eigenvalue weighted by atomic mass is 16.5. The van der Waals surface area contributed by atoms with Crippen molar-refractivity contribution in [3.05, 3.63) is 95.6 Å². The number of hydrogen-bond donors (Lipinski definition) is 1. The van der Waals surface area contributed by atoms with Crippen molar-refractivity contribution in [3.8, 4) is 17.1 Å². The minimum atomic E-state index is -0.294. The molecule has 3 aromatic carbocycles. The molecule has 0 radical (unpaired) electrons. The third kappa shape index (κ3) is 5.95. The van der Waals surface area contributed by atoms with Gasteiger partial charge < -0.3 is 15.0 Å². The fourth-order valence-corrected chi connectivity index (χ4v) is 3.45. The molecule has 4 rings (SSSR count). The highest BCUT2D eigenvalue weighted by Gasteiger charge is 2.16. The average Bonchev–Trinajstić information content (AvgIpc) is 3.31. The second kappa shape index (κ2) is 10.7. The predicted molar refractivity (Wildman–Crippen MR) is 141 cm³/mol. The number of carbonyl (C=O) groups excluding carboxylic acids is 1. The summed E-state index contributed by atoms with van der Waals surface area (Å²) in [5.41, 5.74) is 5.07. The summed E-state index contributed by atoms with van der Waals surface area (Å²) in [6.07, 6.45) is 3.24. The first-order chi connectivity index (χ1) is 16.9. The molecular formula is C28H29N5O2. The van der Waals surface area contributed by atoms with Crippen LogP contribution in [0.3, 0.4) is 0 Å². The number of hydrogen-bond acceptors (Lipinski definition) is 6. The predicted octanol–water partition coefficient (Wildman–Crippen LogP) is 5.29. The molecule has 0 aliphatic heterocycles. The zero-order chi connectivity index (χ0) is 24.8. The van der Waals surface area contributed by atoms with Crippen LogP contribution in [0.5, 0.6) is 5.75 Å². The summed E-state index contributed by atoms with van der Waals surface area (Å²) >= 11 is 0. The van der Waals surface area contributed by atoms with Gasteiger partial charge in [-0.1, -0.05) is 54.1 Å². The van der Waals surface area contributed by atoms with E-state index in [4.69, 9.17) is 4.74 Å². The van der Waals surface area contributed by atoms with E-state index in [0.29, 0.717) is 18.3 Å². The Bertz CT molecular complexity index is 1310. The van der Waals surface area contributed by atoms with E-state index >= 15 is 0 Å². The molecule has 0 aliphatic carbocycles.